The van der Waals surface area contributed by atoms with Crippen molar-refractivity contribution in [1.29, 1.82) is 0 Å². The van der Waals surface area contributed by atoms with E-state index in [0.29, 0.717) is 0 Å². The van der Waals surface area contributed by atoms with Crippen molar-refractivity contribution < 1.29 is 9.45 Å². The van der Waals surface area contributed by atoms with Gasteiger partial charge in [-0.3, -0.25) is 10.1 Å². The van der Waals surface area contributed by atoms with Crippen molar-refractivity contribution in [2.24, 2.45) is 0 Å². The van der Waals surface area contributed by atoms with E-state index in [1.54, 1.807) is 19.1 Å². The predicted octanol–water partition coefficient (Wildman–Crippen LogP) is 3.54. The second kappa shape index (κ2) is 4.65. The monoisotopic (exact) mass is 269 g/mol. The van der Waals surface area contributed by atoms with Gasteiger partial charge in [0.2, 0.25) is 5.76 Å². The quantitative estimate of drug-likeness (QED) is 0.582. The zero-order chi connectivity index (χ0) is 14.1. The van der Waals surface area contributed by atoms with Gasteiger partial charge in [-0.1, -0.05) is 23.4 Å². The standard InChI is InChI=1S/C14H11N3O3/c1-9-14(17(18)19)13(20-16-9)7-6-10-8-15-12-5-3-2-4-11(10)12/h2-8,15H,1H3. The van der Waals surface area contributed by atoms with E-state index < -0.39 is 4.92 Å². The number of nitrogens with one attached hydrogen (secondary N) is 1. The van der Waals surface area contributed by atoms with Gasteiger partial charge in [0.15, 0.2) is 5.69 Å². The SMILES string of the molecule is Cc1noc(C=Cc2c[nH]c3ccccc23)c1[N+](=O)[O-]. The van der Waals surface area contributed by atoms with Crippen LogP contribution in [-0.2, 0) is 0 Å². The molecule has 20 heavy (non-hydrogen) atoms. The third kappa shape index (κ3) is 1.97. The molecule has 0 amide bonds. The summed E-state index contributed by atoms with van der Waals surface area (Å²) in [5.41, 5.74) is 2.12. The van der Waals surface area contributed by atoms with E-state index >= 15 is 0 Å². The number of hydrogen-bond donors (Lipinski definition) is 1. The summed E-state index contributed by atoms with van der Waals surface area (Å²) >= 11 is 0. The number of aryl methyl sites for hydroxylation is 1. The highest BCUT2D eigenvalue weighted by Gasteiger charge is 2.21. The van der Waals surface area contributed by atoms with Gasteiger partial charge < -0.3 is 9.51 Å². The number of nitrogens with zero attached hydrogens (tertiary/aromatic N) is 2. The summed E-state index contributed by atoms with van der Waals surface area (Å²) in [7, 11) is 0. The van der Waals surface area contributed by atoms with Crippen molar-refractivity contribution in [1.82, 2.24) is 10.1 Å². The molecule has 0 spiro atoms. The Balaban J connectivity index is 2.01. The van der Waals surface area contributed by atoms with E-state index in [9.17, 15) is 10.1 Å². The molecule has 0 bridgehead atoms. The van der Waals surface area contributed by atoms with Gasteiger partial charge in [-0.15, -0.1) is 0 Å². The number of aromatic amines is 1. The minimum absolute atomic E-state index is 0.0962. The van der Waals surface area contributed by atoms with Crippen molar-refractivity contribution >= 4 is 28.7 Å². The molecule has 2 aromatic heterocycles. The fourth-order valence-electron chi connectivity index (χ4n) is 2.11. The Kier molecular flexibility index (Phi) is 2.83. The Morgan fingerprint density at radius 1 is 1.35 bits per heavy atom. The van der Waals surface area contributed by atoms with Crippen LogP contribution in [0.5, 0.6) is 0 Å². The number of para-hydroxylation sites is 1. The molecule has 0 radical (unpaired) electrons. The van der Waals surface area contributed by atoms with Crippen LogP contribution in [0.2, 0.25) is 0 Å². The lowest BCUT2D eigenvalue weighted by Gasteiger charge is -1.90. The minimum Gasteiger partial charge on any atom is -0.361 e. The average Bonchev–Trinajstić information content (AvgIpc) is 3.00. The van der Waals surface area contributed by atoms with Crippen LogP contribution in [0.3, 0.4) is 0 Å². The Morgan fingerprint density at radius 2 is 2.15 bits per heavy atom. The molecule has 0 aliphatic carbocycles. The second-order valence-electron chi connectivity index (χ2n) is 4.36. The number of nitro groups is 1. The first-order valence-electron chi connectivity index (χ1n) is 6.01. The molecule has 1 aromatic carbocycles. The van der Waals surface area contributed by atoms with Crippen LogP contribution >= 0.6 is 0 Å². The highest BCUT2D eigenvalue weighted by Crippen LogP contribution is 2.26. The van der Waals surface area contributed by atoms with E-state index in [0.717, 1.165) is 16.5 Å². The van der Waals surface area contributed by atoms with Gasteiger partial charge in [0, 0.05) is 17.1 Å². The molecule has 0 saturated heterocycles. The smallest absolute Gasteiger partial charge is 0.338 e. The highest BCUT2D eigenvalue weighted by atomic mass is 16.6. The fourth-order valence-corrected chi connectivity index (χ4v) is 2.11. The lowest BCUT2D eigenvalue weighted by atomic mass is 10.1. The average molecular weight is 269 g/mol. The Labute approximate surface area is 113 Å². The van der Waals surface area contributed by atoms with Crippen molar-refractivity contribution in [3.05, 3.63) is 57.6 Å². The van der Waals surface area contributed by atoms with Crippen LogP contribution in [0.4, 0.5) is 5.69 Å². The maximum absolute atomic E-state index is 10.9. The molecule has 2 heterocycles. The minimum atomic E-state index is -0.485. The highest BCUT2D eigenvalue weighted by molar-refractivity contribution is 5.91. The molecule has 3 rings (SSSR count). The third-order valence-electron chi connectivity index (χ3n) is 3.08. The van der Waals surface area contributed by atoms with E-state index in [1.165, 1.54) is 0 Å². The third-order valence-corrected chi connectivity index (χ3v) is 3.08. The molecular weight excluding hydrogens is 258 g/mol. The maximum atomic E-state index is 10.9. The van der Waals surface area contributed by atoms with E-state index in [4.69, 9.17) is 4.52 Å². The number of benzene rings is 1. The first-order chi connectivity index (χ1) is 9.66. The molecule has 0 aliphatic rings. The van der Waals surface area contributed by atoms with Gasteiger partial charge >= 0.3 is 5.69 Å². The first kappa shape index (κ1) is 12.2. The predicted molar refractivity (Wildman–Crippen MR) is 75.1 cm³/mol. The zero-order valence-electron chi connectivity index (χ0n) is 10.7. The van der Waals surface area contributed by atoms with Crippen LogP contribution in [0, 0.1) is 17.0 Å². The van der Waals surface area contributed by atoms with Gasteiger partial charge in [0.1, 0.15) is 0 Å². The first-order valence-corrected chi connectivity index (χ1v) is 6.01. The summed E-state index contributed by atoms with van der Waals surface area (Å²) in [6.45, 7) is 1.55. The summed E-state index contributed by atoms with van der Waals surface area (Å²) in [6, 6.07) is 7.82. The van der Waals surface area contributed by atoms with Crippen LogP contribution in [0.1, 0.15) is 17.0 Å². The van der Waals surface area contributed by atoms with Gasteiger partial charge in [0.05, 0.1) is 4.92 Å². The molecule has 0 saturated carbocycles. The number of aromatic nitrogens is 2. The number of rotatable bonds is 3. The van der Waals surface area contributed by atoms with E-state index in [1.807, 2.05) is 30.5 Å². The number of hydrogen-bond acceptors (Lipinski definition) is 4. The molecule has 100 valence electrons. The van der Waals surface area contributed by atoms with Crippen molar-refractivity contribution in [2.75, 3.05) is 0 Å². The molecule has 0 unspecified atom stereocenters. The summed E-state index contributed by atoms with van der Waals surface area (Å²) in [6.07, 6.45) is 5.18. The van der Waals surface area contributed by atoms with Gasteiger partial charge in [-0.2, -0.15) is 0 Å². The van der Waals surface area contributed by atoms with Crippen LogP contribution in [0.15, 0.2) is 35.0 Å². The molecular formula is C14H11N3O3. The van der Waals surface area contributed by atoms with E-state index in [-0.39, 0.29) is 17.1 Å². The number of H-pyrrole nitrogens is 1. The summed E-state index contributed by atoms with van der Waals surface area (Å²) in [5.74, 6) is 0.151. The normalized spacial score (nSPS) is 11.4. The van der Waals surface area contributed by atoms with E-state index in [2.05, 4.69) is 10.1 Å². The van der Waals surface area contributed by atoms with Gasteiger partial charge in [0.25, 0.3) is 0 Å². The summed E-state index contributed by atoms with van der Waals surface area (Å²) < 4.78 is 4.98. The second-order valence-corrected chi connectivity index (χ2v) is 4.36. The lowest BCUT2D eigenvalue weighted by Crippen LogP contribution is -1.90. The number of fused-ring (bicyclic) bond motifs is 1. The Morgan fingerprint density at radius 3 is 2.95 bits per heavy atom. The zero-order valence-corrected chi connectivity index (χ0v) is 10.7. The molecule has 0 fully saturated rings. The van der Waals surface area contributed by atoms with Crippen molar-refractivity contribution in [2.45, 2.75) is 6.92 Å². The Bertz CT molecular complexity index is 814. The molecule has 6 heteroatoms. The summed E-state index contributed by atoms with van der Waals surface area (Å²) in [5, 5.41) is 15.6. The van der Waals surface area contributed by atoms with Crippen LogP contribution < -0.4 is 0 Å². The molecule has 6 nitrogen and oxygen atoms in total. The van der Waals surface area contributed by atoms with Gasteiger partial charge in [-0.05, 0) is 30.7 Å². The summed E-state index contributed by atoms with van der Waals surface area (Å²) in [4.78, 5) is 13.6. The molecule has 0 atom stereocenters. The van der Waals surface area contributed by atoms with Gasteiger partial charge in [-0.25, -0.2) is 0 Å². The largest absolute Gasteiger partial charge is 0.361 e. The Hall–Kier alpha value is -2.89. The van der Waals surface area contributed by atoms with Crippen molar-refractivity contribution in [3.8, 4) is 0 Å². The lowest BCUT2D eigenvalue weighted by molar-refractivity contribution is -0.386. The van der Waals surface area contributed by atoms with Crippen molar-refractivity contribution in [3.63, 3.8) is 0 Å². The molecule has 3 aromatic rings. The topological polar surface area (TPSA) is 85.0 Å². The van der Waals surface area contributed by atoms with Crippen LogP contribution in [0.25, 0.3) is 23.1 Å². The van der Waals surface area contributed by atoms with Crippen LogP contribution in [-0.4, -0.2) is 15.1 Å². The fraction of sp³-hybridized carbons (Fsp3) is 0.0714. The molecule has 0 aliphatic heterocycles. The maximum Gasteiger partial charge on any atom is 0.338 e. The molecule has 1 N–H and O–H groups in total.